The lowest BCUT2D eigenvalue weighted by Crippen LogP contribution is -2.35. The summed E-state index contributed by atoms with van der Waals surface area (Å²) in [4.78, 5) is 12.4. The maximum Gasteiger partial charge on any atom is 0.251 e. The van der Waals surface area contributed by atoms with Gasteiger partial charge in [0, 0.05) is 24.3 Å². The Bertz CT molecular complexity index is 730. The largest absolute Gasteiger partial charge is 0.497 e. The fourth-order valence-corrected chi connectivity index (χ4v) is 2.56. The Morgan fingerprint density at radius 2 is 1.74 bits per heavy atom. The van der Waals surface area contributed by atoms with E-state index >= 15 is 0 Å². The Morgan fingerprint density at radius 3 is 2.37 bits per heavy atom. The average Bonchev–Trinajstić information content (AvgIpc) is 2.68. The monoisotopic (exact) mass is 373 g/mol. The van der Waals surface area contributed by atoms with E-state index in [0.29, 0.717) is 30.3 Å². The van der Waals surface area contributed by atoms with Crippen LogP contribution in [-0.2, 0) is 11.3 Å². The molecule has 0 fully saturated rings. The second-order valence-electron chi connectivity index (χ2n) is 6.05. The molecule has 0 heterocycles. The summed E-state index contributed by atoms with van der Waals surface area (Å²) in [5, 5.41) is 2.90. The van der Waals surface area contributed by atoms with Crippen molar-refractivity contribution in [2.24, 2.45) is 0 Å². The molecule has 0 spiro atoms. The summed E-state index contributed by atoms with van der Waals surface area (Å²) in [5.74, 6) is 2.02. The topological polar surface area (TPSA) is 66.0 Å². The molecule has 1 N–H and O–H groups in total. The molecule has 0 saturated heterocycles. The molecule has 6 nitrogen and oxygen atoms in total. The van der Waals surface area contributed by atoms with Gasteiger partial charge in [-0.05, 0) is 56.3 Å². The molecule has 0 bridgehead atoms. The van der Waals surface area contributed by atoms with Crippen molar-refractivity contribution in [1.82, 2.24) is 5.32 Å². The van der Waals surface area contributed by atoms with Crippen molar-refractivity contribution >= 4 is 5.91 Å². The van der Waals surface area contributed by atoms with Crippen molar-refractivity contribution in [3.05, 3.63) is 53.6 Å². The maximum atomic E-state index is 12.4. The number of rotatable bonds is 10. The van der Waals surface area contributed by atoms with Crippen LogP contribution in [0.25, 0.3) is 0 Å². The number of ether oxygens (including phenoxy) is 4. The van der Waals surface area contributed by atoms with Gasteiger partial charge in [0.15, 0.2) is 0 Å². The third-order valence-electron chi connectivity index (χ3n) is 3.87. The number of methoxy groups -OCH3 is 2. The average molecular weight is 373 g/mol. The summed E-state index contributed by atoms with van der Waals surface area (Å²) in [6.07, 6.45) is 0. The predicted molar refractivity (Wildman–Crippen MR) is 104 cm³/mol. The third kappa shape index (κ3) is 6.18. The second kappa shape index (κ2) is 10.4. The first-order valence-electron chi connectivity index (χ1n) is 8.89. The fourth-order valence-electron chi connectivity index (χ4n) is 2.56. The van der Waals surface area contributed by atoms with Crippen LogP contribution in [0.3, 0.4) is 0 Å². The van der Waals surface area contributed by atoms with Crippen molar-refractivity contribution in [3.63, 3.8) is 0 Å². The molecule has 0 aromatic heterocycles. The first-order chi connectivity index (χ1) is 13.1. The van der Waals surface area contributed by atoms with E-state index in [1.807, 2.05) is 38.1 Å². The highest BCUT2D eigenvalue weighted by atomic mass is 16.5. The number of benzene rings is 2. The normalized spacial score (nSPS) is 11.6. The van der Waals surface area contributed by atoms with Crippen LogP contribution in [0, 0.1) is 0 Å². The van der Waals surface area contributed by atoms with Gasteiger partial charge in [-0.1, -0.05) is 0 Å². The minimum Gasteiger partial charge on any atom is -0.497 e. The lowest BCUT2D eigenvalue weighted by molar-refractivity contribution is 0.0905. The molecule has 0 saturated carbocycles. The lowest BCUT2D eigenvalue weighted by Gasteiger charge is -2.15. The van der Waals surface area contributed by atoms with Crippen molar-refractivity contribution in [2.45, 2.75) is 26.5 Å². The summed E-state index contributed by atoms with van der Waals surface area (Å²) in [5.41, 5.74) is 1.36. The van der Waals surface area contributed by atoms with E-state index in [-0.39, 0.29) is 18.6 Å². The number of carbonyl (C=O) groups is 1. The van der Waals surface area contributed by atoms with Gasteiger partial charge >= 0.3 is 0 Å². The molecule has 1 unspecified atom stereocenters. The zero-order valence-corrected chi connectivity index (χ0v) is 16.3. The quantitative estimate of drug-likeness (QED) is 0.691. The Balaban J connectivity index is 2.12. The SMILES string of the molecule is CCOc1ccc(C(=O)NC(C)COC)cc1COc1ccc(OC)cc1. The first-order valence-corrected chi connectivity index (χ1v) is 8.89. The van der Waals surface area contributed by atoms with E-state index in [1.54, 1.807) is 32.4 Å². The molecule has 2 aromatic carbocycles. The minimum atomic E-state index is -0.159. The number of hydrogen-bond donors (Lipinski definition) is 1. The van der Waals surface area contributed by atoms with Crippen molar-refractivity contribution < 1.29 is 23.7 Å². The van der Waals surface area contributed by atoms with Crippen molar-refractivity contribution in [1.29, 1.82) is 0 Å². The van der Waals surface area contributed by atoms with E-state index in [4.69, 9.17) is 18.9 Å². The minimum absolute atomic E-state index is 0.0759. The van der Waals surface area contributed by atoms with Crippen LogP contribution in [0.5, 0.6) is 17.2 Å². The van der Waals surface area contributed by atoms with Gasteiger partial charge < -0.3 is 24.3 Å². The van der Waals surface area contributed by atoms with Crippen LogP contribution in [0.1, 0.15) is 29.8 Å². The maximum absolute atomic E-state index is 12.4. The molecular weight excluding hydrogens is 346 g/mol. The molecule has 0 aliphatic carbocycles. The highest BCUT2D eigenvalue weighted by molar-refractivity contribution is 5.94. The Hall–Kier alpha value is -2.73. The van der Waals surface area contributed by atoms with E-state index in [0.717, 1.165) is 11.3 Å². The molecule has 2 rings (SSSR count). The zero-order chi connectivity index (χ0) is 19.6. The molecule has 0 aliphatic rings. The van der Waals surface area contributed by atoms with Crippen LogP contribution in [0.15, 0.2) is 42.5 Å². The van der Waals surface area contributed by atoms with Crippen LogP contribution in [0.4, 0.5) is 0 Å². The van der Waals surface area contributed by atoms with Gasteiger partial charge in [0.05, 0.1) is 20.3 Å². The van der Waals surface area contributed by atoms with Gasteiger partial charge in [-0.15, -0.1) is 0 Å². The summed E-state index contributed by atoms with van der Waals surface area (Å²) in [6, 6.07) is 12.6. The van der Waals surface area contributed by atoms with E-state index in [2.05, 4.69) is 5.32 Å². The molecule has 0 radical (unpaired) electrons. The van der Waals surface area contributed by atoms with Crippen LogP contribution in [0.2, 0.25) is 0 Å². The number of hydrogen-bond acceptors (Lipinski definition) is 5. The number of amides is 1. The highest BCUT2D eigenvalue weighted by Gasteiger charge is 2.13. The van der Waals surface area contributed by atoms with Crippen LogP contribution >= 0.6 is 0 Å². The van der Waals surface area contributed by atoms with E-state index < -0.39 is 0 Å². The smallest absolute Gasteiger partial charge is 0.251 e. The molecule has 2 aromatic rings. The second-order valence-corrected chi connectivity index (χ2v) is 6.05. The predicted octanol–water partition coefficient (Wildman–Crippen LogP) is 3.44. The van der Waals surface area contributed by atoms with E-state index in [9.17, 15) is 4.79 Å². The molecular formula is C21H27NO5. The van der Waals surface area contributed by atoms with E-state index in [1.165, 1.54) is 0 Å². The number of carbonyl (C=O) groups excluding carboxylic acids is 1. The Kier molecular flexibility index (Phi) is 7.95. The van der Waals surface area contributed by atoms with Gasteiger partial charge in [0.1, 0.15) is 23.9 Å². The molecule has 27 heavy (non-hydrogen) atoms. The van der Waals surface area contributed by atoms with Gasteiger partial charge in [-0.3, -0.25) is 4.79 Å². The standard InChI is InChI=1S/C21H27NO5/c1-5-26-20-11-6-16(21(23)22-15(2)13-24-3)12-17(20)14-27-19-9-7-18(25-4)8-10-19/h6-12,15H,5,13-14H2,1-4H3,(H,22,23). The Labute approximate surface area is 160 Å². The third-order valence-corrected chi connectivity index (χ3v) is 3.87. The fraction of sp³-hybridized carbons (Fsp3) is 0.381. The van der Waals surface area contributed by atoms with Gasteiger partial charge in [-0.2, -0.15) is 0 Å². The Morgan fingerprint density at radius 1 is 1.04 bits per heavy atom. The zero-order valence-electron chi connectivity index (χ0n) is 16.3. The molecule has 6 heteroatoms. The summed E-state index contributed by atoms with van der Waals surface area (Å²) >= 11 is 0. The van der Waals surface area contributed by atoms with Gasteiger partial charge in [0.25, 0.3) is 5.91 Å². The van der Waals surface area contributed by atoms with Gasteiger partial charge in [0.2, 0.25) is 0 Å². The van der Waals surface area contributed by atoms with Crippen molar-refractivity contribution in [2.75, 3.05) is 27.4 Å². The molecule has 0 aliphatic heterocycles. The molecule has 1 atom stereocenters. The summed E-state index contributed by atoms with van der Waals surface area (Å²) in [6.45, 7) is 5.09. The summed E-state index contributed by atoms with van der Waals surface area (Å²) in [7, 11) is 3.22. The lowest BCUT2D eigenvalue weighted by atomic mass is 10.1. The highest BCUT2D eigenvalue weighted by Crippen LogP contribution is 2.24. The van der Waals surface area contributed by atoms with Crippen LogP contribution < -0.4 is 19.5 Å². The van der Waals surface area contributed by atoms with Gasteiger partial charge in [-0.25, -0.2) is 0 Å². The van der Waals surface area contributed by atoms with Crippen molar-refractivity contribution in [3.8, 4) is 17.2 Å². The molecule has 1 amide bonds. The first kappa shape index (κ1) is 20.6. The van der Waals surface area contributed by atoms with Crippen LogP contribution in [-0.4, -0.2) is 39.4 Å². The number of nitrogens with one attached hydrogen (secondary N) is 1. The molecule has 146 valence electrons. The summed E-state index contributed by atoms with van der Waals surface area (Å²) < 4.78 is 21.7.